The fourth-order valence-electron chi connectivity index (χ4n) is 4.89. The van der Waals surface area contributed by atoms with Gasteiger partial charge in [-0.3, -0.25) is 4.79 Å². The van der Waals surface area contributed by atoms with E-state index in [0.29, 0.717) is 18.1 Å². The van der Waals surface area contributed by atoms with Gasteiger partial charge in [0.25, 0.3) is 5.89 Å². The number of hydrogen-bond acceptors (Lipinski definition) is 4. The van der Waals surface area contributed by atoms with Gasteiger partial charge < -0.3 is 9.63 Å². The summed E-state index contributed by atoms with van der Waals surface area (Å²) in [4.78, 5) is 15.4. The summed E-state index contributed by atoms with van der Waals surface area (Å²) < 4.78 is 5.60. The average Bonchev–Trinajstić information content (AvgIpc) is 3.51. The number of rotatable bonds is 6. The second-order valence-electron chi connectivity index (χ2n) is 8.76. The minimum Gasteiger partial charge on any atom is -0.481 e. The van der Waals surface area contributed by atoms with Gasteiger partial charge in [-0.2, -0.15) is 4.98 Å². The van der Waals surface area contributed by atoms with E-state index < -0.39 is 5.97 Å². The van der Waals surface area contributed by atoms with E-state index in [1.807, 2.05) is 25.1 Å². The first-order chi connectivity index (χ1) is 15.1. The molecule has 1 heterocycles. The summed E-state index contributed by atoms with van der Waals surface area (Å²) in [6.45, 7) is 1.99. The molecule has 0 aliphatic heterocycles. The van der Waals surface area contributed by atoms with Crippen LogP contribution in [0, 0.1) is 12.8 Å². The third kappa shape index (κ3) is 4.05. The molecule has 5 heteroatoms. The lowest BCUT2D eigenvalue weighted by Gasteiger charge is -2.09. The molecule has 0 radical (unpaired) electrons. The largest absolute Gasteiger partial charge is 0.481 e. The summed E-state index contributed by atoms with van der Waals surface area (Å²) in [7, 11) is 0. The van der Waals surface area contributed by atoms with E-state index in [-0.39, 0.29) is 6.42 Å². The molecule has 0 atom stereocenters. The van der Waals surface area contributed by atoms with Crippen molar-refractivity contribution in [2.45, 2.75) is 51.9 Å². The lowest BCUT2D eigenvalue weighted by atomic mass is 9.96. The van der Waals surface area contributed by atoms with Gasteiger partial charge in [-0.15, -0.1) is 0 Å². The molecule has 158 valence electrons. The Hall–Kier alpha value is -3.21. The zero-order chi connectivity index (χ0) is 21.4. The number of hydrogen-bond donors (Lipinski definition) is 1. The van der Waals surface area contributed by atoms with Crippen molar-refractivity contribution in [2.75, 3.05) is 0 Å². The zero-order valence-corrected chi connectivity index (χ0v) is 17.7. The van der Waals surface area contributed by atoms with Crippen molar-refractivity contribution in [3.8, 4) is 22.8 Å². The third-order valence-electron chi connectivity index (χ3n) is 6.59. The molecule has 1 aromatic heterocycles. The van der Waals surface area contributed by atoms with E-state index in [4.69, 9.17) is 9.63 Å². The minimum absolute atomic E-state index is 0.125. The molecule has 5 rings (SSSR count). The Kier molecular flexibility index (Phi) is 5.18. The lowest BCUT2D eigenvalue weighted by Crippen LogP contribution is -1.98. The molecule has 0 saturated heterocycles. The van der Waals surface area contributed by atoms with Crippen LogP contribution in [0.25, 0.3) is 28.9 Å². The maximum atomic E-state index is 10.8. The molecule has 31 heavy (non-hydrogen) atoms. The van der Waals surface area contributed by atoms with Crippen molar-refractivity contribution in [1.29, 1.82) is 0 Å². The van der Waals surface area contributed by atoms with Gasteiger partial charge in [0, 0.05) is 17.5 Å². The highest BCUT2D eigenvalue weighted by molar-refractivity contribution is 5.71. The molecule has 1 fully saturated rings. The molecule has 5 nitrogen and oxygen atoms in total. The fourth-order valence-corrected chi connectivity index (χ4v) is 4.89. The molecule has 0 amide bonds. The van der Waals surface area contributed by atoms with E-state index in [0.717, 1.165) is 34.6 Å². The van der Waals surface area contributed by atoms with Crippen molar-refractivity contribution in [3.63, 3.8) is 0 Å². The van der Waals surface area contributed by atoms with Gasteiger partial charge in [0.2, 0.25) is 5.82 Å². The first kappa shape index (κ1) is 19.7. The first-order valence-corrected chi connectivity index (χ1v) is 11.1. The smallest absolute Gasteiger partial charge is 0.303 e. The van der Waals surface area contributed by atoms with E-state index in [1.165, 1.54) is 36.8 Å². The Morgan fingerprint density at radius 1 is 1.16 bits per heavy atom. The number of aromatic nitrogens is 2. The Bertz CT molecular complexity index is 1170. The van der Waals surface area contributed by atoms with Gasteiger partial charge in [-0.25, -0.2) is 0 Å². The summed E-state index contributed by atoms with van der Waals surface area (Å²) in [5.41, 5.74) is 8.09. The fraction of sp³-hybridized carbons (Fsp3) is 0.346. The highest BCUT2D eigenvalue weighted by Gasteiger charge is 2.24. The second-order valence-corrected chi connectivity index (χ2v) is 8.76. The Labute approximate surface area is 181 Å². The summed E-state index contributed by atoms with van der Waals surface area (Å²) >= 11 is 0. The highest BCUT2D eigenvalue weighted by Crippen LogP contribution is 2.39. The number of aryl methyl sites for hydroxylation is 2. The number of carbonyl (C=O) groups is 1. The van der Waals surface area contributed by atoms with Crippen LogP contribution in [0.4, 0.5) is 0 Å². The first-order valence-electron chi connectivity index (χ1n) is 11.1. The quantitative estimate of drug-likeness (QED) is 0.547. The van der Waals surface area contributed by atoms with Crippen LogP contribution in [0.2, 0.25) is 0 Å². The Morgan fingerprint density at radius 3 is 2.77 bits per heavy atom. The van der Waals surface area contributed by atoms with E-state index in [9.17, 15) is 4.79 Å². The minimum atomic E-state index is -0.788. The molecular formula is C26H26N2O3. The number of carboxylic acid groups (broad SMARTS) is 1. The lowest BCUT2D eigenvalue weighted by molar-refractivity contribution is -0.136. The molecule has 2 aliphatic carbocycles. The maximum absolute atomic E-state index is 10.8. The maximum Gasteiger partial charge on any atom is 0.303 e. The van der Waals surface area contributed by atoms with Crippen LogP contribution in [-0.4, -0.2) is 21.2 Å². The SMILES string of the molecule is Cc1cc(CCC(=O)O)ccc1-c1noc(-c2ccc3c(c2)C=C(C2CCCC2)C3)n1. The molecule has 0 unspecified atom stereocenters. The summed E-state index contributed by atoms with van der Waals surface area (Å²) in [6.07, 6.45) is 9.44. The number of carboxylic acids is 1. The van der Waals surface area contributed by atoms with Crippen molar-refractivity contribution in [1.82, 2.24) is 10.1 Å². The molecule has 0 spiro atoms. The predicted octanol–water partition coefficient (Wildman–Crippen LogP) is 5.86. The standard InChI is InChI=1S/C26H26N2O3/c1-16-12-17(7-11-24(29)30)6-10-23(16)25-27-26(31-28-25)20-9-8-19-13-21(15-22(19)14-20)18-4-2-3-5-18/h6,8-10,12,14-15,18H,2-5,7,11,13H2,1H3,(H,29,30). The molecule has 1 N–H and O–H groups in total. The third-order valence-corrected chi connectivity index (χ3v) is 6.59. The van der Waals surface area contributed by atoms with Gasteiger partial charge in [0.05, 0.1) is 0 Å². The van der Waals surface area contributed by atoms with Crippen LogP contribution in [-0.2, 0) is 17.6 Å². The van der Waals surface area contributed by atoms with Crippen LogP contribution in [0.3, 0.4) is 0 Å². The van der Waals surface area contributed by atoms with Gasteiger partial charge >= 0.3 is 5.97 Å². The van der Waals surface area contributed by atoms with Gasteiger partial charge in [0.15, 0.2) is 0 Å². The van der Waals surface area contributed by atoms with Crippen LogP contribution < -0.4 is 0 Å². The molecule has 1 saturated carbocycles. The van der Waals surface area contributed by atoms with E-state index >= 15 is 0 Å². The number of nitrogens with zero attached hydrogens (tertiary/aromatic N) is 2. The normalized spacial score (nSPS) is 15.8. The predicted molar refractivity (Wildman–Crippen MR) is 120 cm³/mol. The zero-order valence-electron chi connectivity index (χ0n) is 17.7. The summed E-state index contributed by atoms with van der Waals surface area (Å²) in [5, 5.41) is 13.1. The Morgan fingerprint density at radius 2 is 2.00 bits per heavy atom. The van der Waals surface area contributed by atoms with Crippen molar-refractivity contribution < 1.29 is 14.4 Å². The number of aliphatic carboxylic acids is 1. The van der Waals surface area contributed by atoms with Crippen LogP contribution in [0.15, 0.2) is 46.5 Å². The average molecular weight is 415 g/mol. The summed E-state index contributed by atoms with van der Waals surface area (Å²) in [5.74, 6) is 1.05. The number of allylic oxidation sites excluding steroid dienone is 1. The van der Waals surface area contributed by atoms with Gasteiger partial charge in [-0.05, 0) is 72.9 Å². The van der Waals surface area contributed by atoms with Crippen molar-refractivity contribution >= 4 is 12.0 Å². The second kappa shape index (κ2) is 8.14. The van der Waals surface area contributed by atoms with Gasteiger partial charge in [-0.1, -0.05) is 53.9 Å². The topological polar surface area (TPSA) is 76.2 Å². The van der Waals surface area contributed by atoms with Crippen molar-refractivity contribution in [2.24, 2.45) is 5.92 Å². The van der Waals surface area contributed by atoms with Crippen molar-refractivity contribution in [3.05, 3.63) is 64.2 Å². The van der Waals surface area contributed by atoms with E-state index in [1.54, 1.807) is 5.57 Å². The number of fused-ring (bicyclic) bond motifs is 1. The Balaban J connectivity index is 1.37. The van der Waals surface area contributed by atoms with Gasteiger partial charge in [0.1, 0.15) is 0 Å². The molecule has 2 aromatic carbocycles. The molecule has 2 aliphatic rings. The monoisotopic (exact) mass is 414 g/mol. The van der Waals surface area contributed by atoms with Crippen LogP contribution in [0.1, 0.15) is 54.4 Å². The molecule has 0 bridgehead atoms. The van der Waals surface area contributed by atoms with Crippen LogP contribution >= 0.6 is 0 Å². The molecule has 3 aromatic rings. The summed E-state index contributed by atoms with van der Waals surface area (Å²) in [6, 6.07) is 12.3. The van der Waals surface area contributed by atoms with Crippen LogP contribution in [0.5, 0.6) is 0 Å². The number of benzene rings is 2. The highest BCUT2D eigenvalue weighted by atomic mass is 16.5. The molecular weight excluding hydrogens is 388 g/mol. The van der Waals surface area contributed by atoms with E-state index in [2.05, 4.69) is 34.4 Å².